The minimum Gasteiger partial charge on any atom is -0.347 e. The number of carbonyl (C=O) groups excluding carboxylic acids is 1. The normalized spacial score (nSPS) is 13.3. The molecule has 128 valence electrons. The standard InChI is InChI=1S/C18H16N2O3S2/c19-25(22,23)16-9-7-13(24-16)10-20-18(21)15-8-6-12-5-4-11-2-1-3-14(15)17(11)12/h1-3,6-9H,4-5,10H2,(H,20,21)(H2,19,22,23). The highest BCUT2D eigenvalue weighted by Crippen LogP contribution is 2.32. The second-order valence-corrected chi connectivity index (χ2v) is 9.02. The quantitative estimate of drug-likeness (QED) is 0.738. The van der Waals surface area contributed by atoms with Crippen molar-refractivity contribution in [3.05, 3.63) is 64.0 Å². The van der Waals surface area contributed by atoms with Gasteiger partial charge in [0, 0.05) is 10.4 Å². The number of hydrogen-bond acceptors (Lipinski definition) is 4. The van der Waals surface area contributed by atoms with E-state index in [1.165, 1.54) is 22.6 Å². The third-order valence-electron chi connectivity index (χ3n) is 4.46. The van der Waals surface area contributed by atoms with E-state index in [1.54, 1.807) is 6.07 Å². The van der Waals surface area contributed by atoms with Crippen molar-refractivity contribution >= 4 is 38.0 Å². The van der Waals surface area contributed by atoms with Crippen LogP contribution in [-0.4, -0.2) is 14.3 Å². The van der Waals surface area contributed by atoms with Gasteiger partial charge in [0.05, 0.1) is 6.54 Å². The van der Waals surface area contributed by atoms with Crippen molar-refractivity contribution in [2.45, 2.75) is 23.6 Å². The smallest absolute Gasteiger partial charge is 0.252 e. The molecule has 1 amide bonds. The molecule has 0 saturated carbocycles. The van der Waals surface area contributed by atoms with Crippen molar-refractivity contribution in [3.63, 3.8) is 0 Å². The minimum absolute atomic E-state index is 0.0992. The molecule has 1 aliphatic rings. The van der Waals surface area contributed by atoms with Crippen LogP contribution in [0.25, 0.3) is 10.8 Å². The number of aryl methyl sites for hydroxylation is 2. The van der Waals surface area contributed by atoms with Crippen LogP contribution in [0.15, 0.2) is 46.7 Å². The maximum atomic E-state index is 12.6. The van der Waals surface area contributed by atoms with E-state index in [0.29, 0.717) is 5.56 Å². The van der Waals surface area contributed by atoms with Crippen molar-refractivity contribution in [1.82, 2.24) is 5.32 Å². The molecule has 7 heteroatoms. The van der Waals surface area contributed by atoms with E-state index in [0.717, 1.165) is 34.4 Å². The van der Waals surface area contributed by atoms with E-state index in [4.69, 9.17) is 5.14 Å². The first-order valence-corrected chi connectivity index (χ1v) is 10.2. The van der Waals surface area contributed by atoms with Crippen LogP contribution >= 0.6 is 11.3 Å². The van der Waals surface area contributed by atoms with Crippen LogP contribution in [-0.2, 0) is 29.4 Å². The summed E-state index contributed by atoms with van der Waals surface area (Å²) < 4.78 is 22.7. The zero-order valence-electron chi connectivity index (χ0n) is 13.3. The van der Waals surface area contributed by atoms with Gasteiger partial charge in [0.2, 0.25) is 10.0 Å². The van der Waals surface area contributed by atoms with Gasteiger partial charge in [-0.3, -0.25) is 4.79 Å². The molecule has 0 atom stereocenters. The lowest BCUT2D eigenvalue weighted by atomic mass is 9.99. The van der Waals surface area contributed by atoms with Gasteiger partial charge in [-0.2, -0.15) is 0 Å². The van der Waals surface area contributed by atoms with Crippen LogP contribution in [0.4, 0.5) is 0 Å². The number of sulfonamides is 1. The predicted molar refractivity (Wildman–Crippen MR) is 98.2 cm³/mol. The number of amides is 1. The van der Waals surface area contributed by atoms with E-state index in [-0.39, 0.29) is 16.7 Å². The summed E-state index contributed by atoms with van der Waals surface area (Å²) in [4.78, 5) is 13.4. The van der Waals surface area contributed by atoms with Gasteiger partial charge in [0.15, 0.2) is 0 Å². The highest BCUT2D eigenvalue weighted by molar-refractivity contribution is 7.91. The lowest BCUT2D eigenvalue weighted by molar-refractivity contribution is 0.0953. The number of nitrogens with one attached hydrogen (secondary N) is 1. The van der Waals surface area contributed by atoms with Crippen molar-refractivity contribution in [2.75, 3.05) is 0 Å². The van der Waals surface area contributed by atoms with Gasteiger partial charge >= 0.3 is 0 Å². The lowest BCUT2D eigenvalue weighted by Crippen LogP contribution is -2.22. The SMILES string of the molecule is NS(=O)(=O)c1ccc(CNC(=O)c2ccc3c4c(cccc24)CC3)s1. The molecule has 3 aromatic rings. The number of hydrogen-bond donors (Lipinski definition) is 2. The van der Waals surface area contributed by atoms with Crippen molar-refractivity contribution in [3.8, 4) is 0 Å². The number of benzene rings is 2. The van der Waals surface area contributed by atoms with Crippen LogP contribution < -0.4 is 10.5 Å². The first-order chi connectivity index (χ1) is 11.9. The number of rotatable bonds is 4. The third kappa shape index (κ3) is 2.95. The van der Waals surface area contributed by atoms with Gasteiger partial charge in [-0.05, 0) is 52.9 Å². The first-order valence-electron chi connectivity index (χ1n) is 7.87. The van der Waals surface area contributed by atoms with Gasteiger partial charge in [-0.15, -0.1) is 11.3 Å². The summed E-state index contributed by atoms with van der Waals surface area (Å²) in [5.41, 5.74) is 3.22. The molecular formula is C18H16N2O3S2. The van der Waals surface area contributed by atoms with E-state index >= 15 is 0 Å². The molecule has 3 N–H and O–H groups in total. The Labute approximate surface area is 149 Å². The molecule has 1 heterocycles. The molecule has 1 aromatic heterocycles. The summed E-state index contributed by atoms with van der Waals surface area (Å²) in [6, 6.07) is 13.1. The fourth-order valence-corrected chi connectivity index (χ4v) is 5.03. The molecule has 0 aliphatic heterocycles. The Kier molecular flexibility index (Phi) is 3.87. The van der Waals surface area contributed by atoms with Crippen LogP contribution in [0.5, 0.6) is 0 Å². The second kappa shape index (κ2) is 5.94. The number of nitrogens with two attached hydrogens (primary N) is 1. The van der Waals surface area contributed by atoms with Crippen molar-refractivity contribution in [1.29, 1.82) is 0 Å². The molecule has 4 rings (SSSR count). The maximum absolute atomic E-state index is 12.6. The Morgan fingerprint density at radius 2 is 1.84 bits per heavy atom. The lowest BCUT2D eigenvalue weighted by Gasteiger charge is -2.09. The summed E-state index contributed by atoms with van der Waals surface area (Å²) >= 11 is 1.07. The molecule has 0 unspecified atom stereocenters. The molecule has 5 nitrogen and oxygen atoms in total. The topological polar surface area (TPSA) is 89.3 Å². The summed E-state index contributed by atoms with van der Waals surface area (Å²) in [6.45, 7) is 0.266. The molecule has 0 radical (unpaired) electrons. The van der Waals surface area contributed by atoms with Gasteiger partial charge in [-0.1, -0.05) is 24.3 Å². The second-order valence-electron chi connectivity index (χ2n) is 6.06. The van der Waals surface area contributed by atoms with Gasteiger partial charge in [0.1, 0.15) is 4.21 Å². The van der Waals surface area contributed by atoms with Crippen molar-refractivity contribution < 1.29 is 13.2 Å². The Hall–Kier alpha value is -2.22. The summed E-state index contributed by atoms with van der Waals surface area (Å²) in [5.74, 6) is -0.166. The number of thiophene rings is 1. The number of carbonyl (C=O) groups is 1. The van der Waals surface area contributed by atoms with E-state index in [2.05, 4.69) is 11.4 Å². The zero-order chi connectivity index (χ0) is 17.6. The third-order valence-corrected chi connectivity index (χ3v) is 6.99. The molecule has 1 aliphatic carbocycles. The first kappa shape index (κ1) is 16.3. The maximum Gasteiger partial charge on any atom is 0.252 e. The highest BCUT2D eigenvalue weighted by atomic mass is 32.2. The Morgan fingerprint density at radius 3 is 2.56 bits per heavy atom. The molecular weight excluding hydrogens is 356 g/mol. The fourth-order valence-electron chi connectivity index (χ4n) is 3.31. The van der Waals surface area contributed by atoms with E-state index in [9.17, 15) is 13.2 Å². The Morgan fingerprint density at radius 1 is 1.08 bits per heavy atom. The summed E-state index contributed by atoms with van der Waals surface area (Å²) in [6.07, 6.45) is 2.03. The number of primary sulfonamides is 1. The van der Waals surface area contributed by atoms with Crippen LogP contribution in [0.3, 0.4) is 0 Å². The largest absolute Gasteiger partial charge is 0.347 e. The molecule has 2 aromatic carbocycles. The van der Waals surface area contributed by atoms with Gasteiger partial charge in [0.25, 0.3) is 5.91 Å². The fraction of sp³-hybridized carbons (Fsp3) is 0.167. The van der Waals surface area contributed by atoms with Gasteiger partial charge < -0.3 is 5.32 Å². The molecule has 25 heavy (non-hydrogen) atoms. The van der Waals surface area contributed by atoms with Gasteiger partial charge in [-0.25, -0.2) is 13.6 Å². The average Bonchev–Trinajstić information content (AvgIpc) is 3.21. The molecule has 0 fully saturated rings. The Balaban J connectivity index is 1.58. The molecule has 0 spiro atoms. The monoisotopic (exact) mass is 372 g/mol. The van der Waals surface area contributed by atoms with Crippen molar-refractivity contribution in [2.24, 2.45) is 5.14 Å². The minimum atomic E-state index is -3.70. The highest BCUT2D eigenvalue weighted by Gasteiger charge is 2.19. The summed E-state index contributed by atoms with van der Waals surface area (Å²) in [7, 11) is -3.70. The van der Waals surface area contributed by atoms with E-state index in [1.807, 2.05) is 24.3 Å². The summed E-state index contributed by atoms with van der Waals surface area (Å²) in [5, 5.41) is 10.1. The molecule has 0 bridgehead atoms. The van der Waals surface area contributed by atoms with Crippen LogP contribution in [0, 0.1) is 0 Å². The van der Waals surface area contributed by atoms with Crippen LogP contribution in [0.1, 0.15) is 26.4 Å². The molecule has 0 saturated heterocycles. The average molecular weight is 372 g/mol. The zero-order valence-corrected chi connectivity index (χ0v) is 14.9. The Bertz CT molecular complexity index is 1090. The van der Waals surface area contributed by atoms with Crippen LogP contribution in [0.2, 0.25) is 0 Å². The predicted octanol–water partition coefficient (Wildman–Crippen LogP) is 2.58. The van der Waals surface area contributed by atoms with E-state index < -0.39 is 10.0 Å².